The molecule has 5 nitrogen and oxygen atoms in total. The second-order valence-electron chi connectivity index (χ2n) is 9.43. The van der Waals surface area contributed by atoms with Crippen LogP contribution in [0, 0.1) is 0 Å². The number of nitrogens with zero attached hydrogens (tertiary/aromatic N) is 2. The van der Waals surface area contributed by atoms with Crippen molar-refractivity contribution in [3.63, 3.8) is 0 Å². The highest BCUT2D eigenvalue weighted by Crippen LogP contribution is 2.51. The predicted octanol–water partition coefficient (Wildman–Crippen LogP) is 5.59. The standard InChI is InChI=1S/C20H25F3N.C4H4N2O2/c1-13-9-15(20(21,22)23)12-24(5,11-13)17-8-6-7-16-18(17)14(2)10-19(16,3)4;5-4(7)3-1-8-2-6-3/h6-9,11,14H,10,12H2,1-5H3;1-2H,(H2,5,7)/q+1;. The number of allylic oxidation sites excluding steroid dienone is 2. The Morgan fingerprint density at radius 2 is 2.00 bits per heavy atom. The van der Waals surface area contributed by atoms with Gasteiger partial charge in [-0.3, -0.25) is 9.28 Å². The van der Waals surface area contributed by atoms with E-state index in [-0.39, 0.29) is 22.1 Å². The summed E-state index contributed by atoms with van der Waals surface area (Å²) in [5, 5.41) is 0. The van der Waals surface area contributed by atoms with Crippen molar-refractivity contribution in [2.45, 2.75) is 51.6 Å². The molecule has 1 amide bonds. The molecule has 8 heteroatoms. The van der Waals surface area contributed by atoms with Crippen molar-refractivity contribution in [3.05, 3.63) is 71.1 Å². The van der Waals surface area contributed by atoms with Gasteiger partial charge in [-0.05, 0) is 42.4 Å². The van der Waals surface area contributed by atoms with E-state index >= 15 is 0 Å². The predicted molar refractivity (Wildman–Crippen MR) is 118 cm³/mol. The maximum atomic E-state index is 13.3. The monoisotopic (exact) mass is 448 g/mol. The molecule has 2 atom stereocenters. The first-order chi connectivity index (χ1) is 14.7. The molecule has 0 radical (unpaired) electrons. The third-order valence-electron chi connectivity index (χ3n) is 6.11. The Bertz CT molecular complexity index is 1070. The van der Waals surface area contributed by atoms with Crippen LogP contribution in [0.15, 0.2) is 58.7 Å². The summed E-state index contributed by atoms with van der Waals surface area (Å²) in [5.74, 6) is -0.214. The Hall–Kier alpha value is -2.87. The zero-order chi connectivity index (χ0) is 23.9. The average Bonchev–Trinajstić information content (AvgIpc) is 3.28. The lowest BCUT2D eigenvalue weighted by Crippen LogP contribution is -2.46. The molecule has 1 aromatic heterocycles. The average molecular weight is 449 g/mol. The van der Waals surface area contributed by atoms with Gasteiger partial charge in [0.2, 0.25) is 0 Å². The molecular weight excluding hydrogens is 419 g/mol. The van der Waals surface area contributed by atoms with E-state index in [0.717, 1.165) is 18.5 Å². The lowest BCUT2D eigenvalue weighted by atomic mass is 9.86. The van der Waals surface area contributed by atoms with Crippen LogP contribution in [0.2, 0.25) is 0 Å². The molecule has 0 fully saturated rings. The molecule has 1 aliphatic heterocycles. The summed E-state index contributed by atoms with van der Waals surface area (Å²) in [4.78, 5) is 13.6. The van der Waals surface area contributed by atoms with Gasteiger partial charge in [0.05, 0.1) is 12.6 Å². The maximum absolute atomic E-state index is 13.3. The first-order valence-corrected chi connectivity index (χ1v) is 10.4. The number of alkyl halides is 3. The highest BCUT2D eigenvalue weighted by molar-refractivity contribution is 5.90. The Labute approximate surface area is 186 Å². The van der Waals surface area contributed by atoms with E-state index < -0.39 is 17.7 Å². The molecule has 2 heterocycles. The summed E-state index contributed by atoms with van der Waals surface area (Å²) in [5.41, 5.74) is 8.75. The highest BCUT2D eigenvalue weighted by atomic mass is 19.4. The normalized spacial score (nSPS) is 24.1. The van der Waals surface area contributed by atoms with Crippen molar-refractivity contribution < 1.29 is 22.4 Å². The van der Waals surface area contributed by atoms with Crippen molar-refractivity contribution >= 4 is 11.6 Å². The van der Waals surface area contributed by atoms with Gasteiger partial charge in [-0.1, -0.05) is 32.9 Å². The maximum Gasteiger partial charge on any atom is 0.418 e. The number of hydrogen-bond acceptors (Lipinski definition) is 3. The van der Waals surface area contributed by atoms with E-state index in [1.165, 1.54) is 23.5 Å². The number of halogens is 3. The largest absolute Gasteiger partial charge is 0.451 e. The second kappa shape index (κ2) is 8.24. The second-order valence-corrected chi connectivity index (χ2v) is 9.43. The zero-order valence-electron chi connectivity index (χ0n) is 19.0. The Kier molecular flexibility index (Phi) is 6.12. The van der Waals surface area contributed by atoms with E-state index in [1.807, 2.05) is 25.4 Å². The lowest BCUT2D eigenvalue weighted by molar-refractivity contribution is -0.0948. The SMILES string of the molecule is CC1=C[N+](C)(c2cccc3c2C(C)CC3(C)C)CC(C(F)(F)F)=C1.NC(=O)c1cocn1. The molecule has 2 N–H and O–H groups in total. The molecular formula is C24H29F3N3O2+. The number of hydrogen-bond donors (Lipinski definition) is 1. The fourth-order valence-electron chi connectivity index (χ4n) is 4.95. The number of benzene rings is 1. The highest BCUT2D eigenvalue weighted by Gasteiger charge is 2.45. The van der Waals surface area contributed by atoms with Crippen molar-refractivity contribution in [3.8, 4) is 0 Å². The minimum Gasteiger partial charge on any atom is -0.451 e. The molecule has 0 saturated carbocycles. The Morgan fingerprint density at radius 3 is 2.53 bits per heavy atom. The van der Waals surface area contributed by atoms with E-state index in [0.29, 0.717) is 11.5 Å². The summed E-state index contributed by atoms with van der Waals surface area (Å²) in [7, 11) is 1.88. The van der Waals surface area contributed by atoms with Gasteiger partial charge in [0.15, 0.2) is 12.1 Å². The van der Waals surface area contributed by atoms with Crippen LogP contribution in [-0.4, -0.2) is 30.7 Å². The number of fused-ring (bicyclic) bond motifs is 1. The number of amides is 1. The van der Waals surface area contributed by atoms with Crippen LogP contribution in [0.25, 0.3) is 0 Å². The van der Waals surface area contributed by atoms with Gasteiger partial charge in [0, 0.05) is 11.1 Å². The molecule has 4 rings (SSSR count). The van der Waals surface area contributed by atoms with Gasteiger partial charge in [0.25, 0.3) is 5.91 Å². The van der Waals surface area contributed by atoms with Crippen molar-refractivity contribution in [2.24, 2.45) is 5.73 Å². The smallest absolute Gasteiger partial charge is 0.418 e. The Balaban J connectivity index is 0.000000305. The zero-order valence-corrected chi connectivity index (χ0v) is 19.0. The van der Waals surface area contributed by atoms with Gasteiger partial charge < -0.3 is 10.2 Å². The van der Waals surface area contributed by atoms with Crippen LogP contribution < -0.4 is 10.2 Å². The summed E-state index contributed by atoms with van der Waals surface area (Å²) in [6.45, 7) is 8.32. The van der Waals surface area contributed by atoms with E-state index in [2.05, 4.69) is 36.2 Å². The molecule has 2 unspecified atom stereocenters. The number of carbonyl (C=O) groups is 1. The van der Waals surface area contributed by atoms with Gasteiger partial charge in [0.1, 0.15) is 24.7 Å². The van der Waals surface area contributed by atoms with Crippen LogP contribution in [0.1, 0.15) is 61.6 Å². The molecule has 172 valence electrons. The van der Waals surface area contributed by atoms with Crippen LogP contribution >= 0.6 is 0 Å². The minimum absolute atomic E-state index is 0.0511. The third-order valence-corrected chi connectivity index (χ3v) is 6.11. The molecule has 0 saturated heterocycles. The van der Waals surface area contributed by atoms with Gasteiger partial charge in [-0.2, -0.15) is 13.2 Å². The topological polar surface area (TPSA) is 69.1 Å². The van der Waals surface area contributed by atoms with Crippen molar-refractivity contribution in [2.75, 3.05) is 13.6 Å². The number of oxazole rings is 1. The van der Waals surface area contributed by atoms with Crippen molar-refractivity contribution in [1.82, 2.24) is 9.47 Å². The summed E-state index contributed by atoms with van der Waals surface area (Å²) in [6, 6.07) is 6.13. The molecule has 2 aliphatic rings. The number of aromatic nitrogens is 1. The van der Waals surface area contributed by atoms with Crippen LogP contribution in [0.5, 0.6) is 0 Å². The van der Waals surface area contributed by atoms with Crippen LogP contribution in [0.3, 0.4) is 0 Å². The molecule has 0 spiro atoms. The fraction of sp³-hybridized carbons (Fsp3) is 0.417. The fourth-order valence-corrected chi connectivity index (χ4v) is 4.95. The van der Waals surface area contributed by atoms with E-state index in [4.69, 9.17) is 5.73 Å². The third kappa shape index (κ3) is 4.65. The van der Waals surface area contributed by atoms with Crippen LogP contribution in [-0.2, 0) is 5.41 Å². The number of nitrogens with two attached hydrogens (primary N) is 1. The van der Waals surface area contributed by atoms with Gasteiger partial charge in [-0.15, -0.1) is 0 Å². The van der Waals surface area contributed by atoms with Gasteiger partial charge in [-0.25, -0.2) is 4.98 Å². The number of likely N-dealkylation sites (N-methyl/N-ethyl adjacent to an activating group) is 1. The number of quaternary nitrogens is 1. The number of carbonyl (C=O) groups excluding carboxylic acids is 1. The van der Waals surface area contributed by atoms with E-state index in [1.54, 1.807) is 6.92 Å². The number of rotatable bonds is 2. The van der Waals surface area contributed by atoms with Crippen LogP contribution in [0.4, 0.5) is 18.9 Å². The van der Waals surface area contributed by atoms with E-state index in [9.17, 15) is 18.0 Å². The first-order valence-electron chi connectivity index (χ1n) is 10.4. The first kappa shape index (κ1) is 23.8. The quantitative estimate of drug-likeness (QED) is 0.609. The number of primary amides is 1. The van der Waals surface area contributed by atoms with Gasteiger partial charge >= 0.3 is 6.18 Å². The summed E-state index contributed by atoms with van der Waals surface area (Å²) in [6.07, 6.45) is 2.32. The summed E-state index contributed by atoms with van der Waals surface area (Å²) >= 11 is 0. The lowest BCUT2D eigenvalue weighted by Gasteiger charge is -2.36. The van der Waals surface area contributed by atoms with Crippen molar-refractivity contribution in [1.29, 1.82) is 0 Å². The summed E-state index contributed by atoms with van der Waals surface area (Å²) < 4.78 is 44.7. The molecule has 0 bridgehead atoms. The molecule has 1 aromatic carbocycles. The molecule has 2 aromatic rings. The minimum atomic E-state index is -4.28. The molecule has 1 aliphatic carbocycles. The molecule has 32 heavy (non-hydrogen) atoms. The Morgan fingerprint density at radius 1 is 1.31 bits per heavy atom.